The molecule has 1 saturated heterocycles. The van der Waals surface area contributed by atoms with Crippen molar-refractivity contribution in [2.24, 2.45) is 0 Å². The van der Waals surface area contributed by atoms with Crippen molar-refractivity contribution in [3.63, 3.8) is 0 Å². The Morgan fingerprint density at radius 3 is 2.96 bits per heavy atom. The number of thiophene rings is 1. The zero-order chi connectivity index (χ0) is 16.9. The lowest BCUT2D eigenvalue weighted by Crippen LogP contribution is -2.42. The van der Waals surface area contributed by atoms with Crippen LogP contribution in [0.25, 0.3) is 0 Å². The molecule has 0 saturated carbocycles. The molecule has 3 rings (SSSR count). The van der Waals surface area contributed by atoms with Crippen LogP contribution in [0.15, 0.2) is 41.8 Å². The molecule has 0 aliphatic carbocycles. The summed E-state index contributed by atoms with van der Waals surface area (Å²) in [6, 6.07) is 12.5. The molecule has 2 heterocycles. The van der Waals surface area contributed by atoms with E-state index in [1.54, 1.807) is 11.3 Å². The van der Waals surface area contributed by atoms with Crippen molar-refractivity contribution in [3.8, 4) is 0 Å². The van der Waals surface area contributed by atoms with Crippen LogP contribution in [-0.4, -0.2) is 44.6 Å². The lowest BCUT2D eigenvalue weighted by molar-refractivity contribution is -0.138. The fourth-order valence-corrected chi connectivity index (χ4v) is 3.69. The first-order chi connectivity index (χ1) is 11.6. The number of aryl methyl sites for hydroxylation is 1. The van der Waals surface area contributed by atoms with Gasteiger partial charge in [-0.1, -0.05) is 18.2 Å². The maximum absolute atomic E-state index is 12.6. The quantitative estimate of drug-likeness (QED) is 0.834. The van der Waals surface area contributed by atoms with Crippen molar-refractivity contribution in [1.29, 1.82) is 0 Å². The minimum atomic E-state index is 0.0276. The third kappa shape index (κ3) is 4.16. The molecule has 24 heavy (non-hydrogen) atoms. The molecule has 0 bridgehead atoms. The van der Waals surface area contributed by atoms with Crippen LogP contribution in [0.4, 0.5) is 5.69 Å². The lowest BCUT2D eigenvalue weighted by Gasteiger charge is -2.32. The van der Waals surface area contributed by atoms with Crippen molar-refractivity contribution < 1.29 is 9.53 Å². The highest BCUT2D eigenvalue weighted by Crippen LogP contribution is 2.26. The molecule has 1 aliphatic heterocycles. The van der Waals surface area contributed by atoms with Gasteiger partial charge in [0.05, 0.1) is 13.2 Å². The van der Waals surface area contributed by atoms with Crippen LogP contribution in [0.3, 0.4) is 0 Å². The van der Waals surface area contributed by atoms with Gasteiger partial charge >= 0.3 is 0 Å². The number of ether oxygens (including phenoxy) is 1. The van der Waals surface area contributed by atoms with Crippen molar-refractivity contribution in [3.05, 3.63) is 52.2 Å². The van der Waals surface area contributed by atoms with Gasteiger partial charge in [-0.2, -0.15) is 0 Å². The number of anilines is 1. The van der Waals surface area contributed by atoms with Crippen LogP contribution in [0, 0.1) is 0 Å². The van der Waals surface area contributed by atoms with Gasteiger partial charge in [-0.25, -0.2) is 0 Å². The van der Waals surface area contributed by atoms with E-state index in [0.717, 1.165) is 6.42 Å². The van der Waals surface area contributed by atoms with Gasteiger partial charge in [-0.15, -0.1) is 11.3 Å². The Bertz CT molecular complexity index is 670. The third-order valence-corrected chi connectivity index (χ3v) is 5.30. The summed E-state index contributed by atoms with van der Waals surface area (Å²) >= 11 is 1.69. The second-order valence-corrected chi connectivity index (χ2v) is 7.26. The third-order valence-electron chi connectivity index (χ3n) is 4.33. The first-order valence-electron chi connectivity index (χ1n) is 8.32. The molecule has 1 aromatic heterocycles. The molecule has 0 unspecified atom stereocenters. The first-order valence-corrected chi connectivity index (χ1v) is 9.20. The molecule has 2 aromatic rings. The second kappa shape index (κ2) is 7.81. The Kier molecular flexibility index (Phi) is 5.53. The van der Waals surface area contributed by atoms with Crippen LogP contribution in [0.1, 0.15) is 23.0 Å². The average molecular weight is 344 g/mol. The van der Waals surface area contributed by atoms with E-state index in [1.165, 1.54) is 16.1 Å². The number of carbonyl (C=O) groups excluding carboxylic acids is 1. The van der Waals surface area contributed by atoms with Gasteiger partial charge in [0.1, 0.15) is 6.10 Å². The van der Waals surface area contributed by atoms with Crippen LogP contribution in [-0.2, 0) is 16.0 Å². The fourth-order valence-electron chi connectivity index (χ4n) is 2.92. The smallest absolute Gasteiger partial charge is 0.223 e. The van der Waals surface area contributed by atoms with Gasteiger partial charge in [0.2, 0.25) is 5.91 Å². The zero-order valence-electron chi connectivity index (χ0n) is 14.3. The lowest BCUT2D eigenvalue weighted by atomic mass is 10.1. The first kappa shape index (κ1) is 17.0. The number of benzene rings is 1. The van der Waals surface area contributed by atoms with Crippen molar-refractivity contribution >= 4 is 22.9 Å². The molecule has 1 aliphatic rings. The normalized spacial score (nSPS) is 17.8. The summed E-state index contributed by atoms with van der Waals surface area (Å²) < 4.78 is 5.82. The van der Waals surface area contributed by atoms with Crippen LogP contribution in [0.2, 0.25) is 0 Å². The summed E-state index contributed by atoms with van der Waals surface area (Å²) in [5.74, 6) is 0.218. The standard InChI is InChI=1S/C19H24N2O2S/c1-20(2)16-6-3-5-15(13-16)8-9-19(22)21-10-11-23-17(14-21)18-7-4-12-24-18/h3-7,12-13,17H,8-11,14H2,1-2H3/t17-/m1/s1. The van der Waals surface area contributed by atoms with E-state index in [1.807, 2.05) is 25.1 Å². The maximum atomic E-state index is 12.6. The highest BCUT2D eigenvalue weighted by atomic mass is 32.1. The highest BCUT2D eigenvalue weighted by molar-refractivity contribution is 7.10. The Morgan fingerprint density at radius 2 is 2.21 bits per heavy atom. The number of hydrogen-bond acceptors (Lipinski definition) is 4. The summed E-state index contributed by atoms with van der Waals surface area (Å²) in [7, 11) is 4.06. The summed E-state index contributed by atoms with van der Waals surface area (Å²) in [4.78, 5) is 17.8. The van der Waals surface area contributed by atoms with Gasteiger partial charge in [0.25, 0.3) is 0 Å². The van der Waals surface area contributed by atoms with E-state index in [4.69, 9.17) is 4.74 Å². The van der Waals surface area contributed by atoms with Crippen molar-refractivity contribution in [1.82, 2.24) is 4.90 Å². The second-order valence-electron chi connectivity index (χ2n) is 6.28. The minimum Gasteiger partial charge on any atom is -0.378 e. The Labute approximate surface area is 147 Å². The molecule has 1 aromatic carbocycles. The van der Waals surface area contributed by atoms with Gasteiger partial charge in [0, 0.05) is 37.6 Å². The molecule has 1 atom stereocenters. The molecular weight excluding hydrogens is 320 g/mol. The number of hydrogen-bond donors (Lipinski definition) is 0. The molecule has 5 heteroatoms. The molecule has 0 spiro atoms. The van der Waals surface area contributed by atoms with E-state index in [-0.39, 0.29) is 12.0 Å². The van der Waals surface area contributed by atoms with Gasteiger partial charge in [-0.05, 0) is 35.6 Å². The number of morpholine rings is 1. The number of amides is 1. The molecular formula is C19H24N2O2S. The van der Waals surface area contributed by atoms with Gasteiger partial charge < -0.3 is 14.5 Å². The van der Waals surface area contributed by atoms with E-state index in [0.29, 0.717) is 26.1 Å². The van der Waals surface area contributed by atoms with E-state index in [9.17, 15) is 4.79 Å². The summed E-state index contributed by atoms with van der Waals surface area (Å²) in [6.07, 6.45) is 1.36. The summed E-state index contributed by atoms with van der Waals surface area (Å²) in [5, 5.41) is 2.05. The maximum Gasteiger partial charge on any atom is 0.223 e. The Hall–Kier alpha value is -1.85. The molecule has 0 N–H and O–H groups in total. The van der Waals surface area contributed by atoms with E-state index < -0.39 is 0 Å². The monoisotopic (exact) mass is 344 g/mol. The zero-order valence-corrected chi connectivity index (χ0v) is 15.1. The number of rotatable bonds is 5. The van der Waals surface area contributed by atoms with E-state index in [2.05, 4.69) is 40.6 Å². The molecule has 4 nitrogen and oxygen atoms in total. The molecule has 128 valence electrons. The Morgan fingerprint density at radius 1 is 1.33 bits per heavy atom. The molecule has 0 radical (unpaired) electrons. The average Bonchev–Trinajstić information content (AvgIpc) is 3.15. The highest BCUT2D eigenvalue weighted by Gasteiger charge is 2.25. The fraction of sp³-hybridized carbons (Fsp3) is 0.421. The largest absolute Gasteiger partial charge is 0.378 e. The van der Waals surface area contributed by atoms with Crippen LogP contribution < -0.4 is 4.90 Å². The van der Waals surface area contributed by atoms with Crippen molar-refractivity contribution in [2.45, 2.75) is 18.9 Å². The topological polar surface area (TPSA) is 32.8 Å². The Balaban J connectivity index is 1.56. The summed E-state index contributed by atoms with van der Waals surface area (Å²) in [5.41, 5.74) is 2.38. The predicted octanol–water partition coefficient (Wildman–Crippen LogP) is 3.35. The number of carbonyl (C=O) groups is 1. The minimum absolute atomic E-state index is 0.0276. The SMILES string of the molecule is CN(C)c1cccc(CCC(=O)N2CCO[C@@H](c3cccs3)C2)c1. The molecule has 1 amide bonds. The summed E-state index contributed by atoms with van der Waals surface area (Å²) in [6.45, 7) is 1.97. The number of nitrogens with zero attached hydrogens (tertiary/aromatic N) is 2. The van der Waals surface area contributed by atoms with Crippen molar-refractivity contribution in [2.75, 3.05) is 38.7 Å². The predicted molar refractivity (Wildman–Crippen MR) is 98.7 cm³/mol. The van der Waals surface area contributed by atoms with Crippen LogP contribution >= 0.6 is 11.3 Å². The van der Waals surface area contributed by atoms with Gasteiger partial charge in [0.15, 0.2) is 0 Å². The molecule has 1 fully saturated rings. The van der Waals surface area contributed by atoms with Crippen LogP contribution in [0.5, 0.6) is 0 Å². The van der Waals surface area contributed by atoms with E-state index >= 15 is 0 Å². The van der Waals surface area contributed by atoms with Gasteiger partial charge in [-0.3, -0.25) is 4.79 Å².